The first-order chi connectivity index (χ1) is 13.8. The van der Waals surface area contributed by atoms with E-state index < -0.39 is 0 Å². The molecule has 2 aliphatic carbocycles. The van der Waals surface area contributed by atoms with Gasteiger partial charge in [-0.25, -0.2) is 0 Å². The van der Waals surface area contributed by atoms with Crippen molar-refractivity contribution in [1.29, 1.82) is 0 Å². The first-order valence-electron chi connectivity index (χ1n) is 12.1. The van der Waals surface area contributed by atoms with Crippen LogP contribution in [0.3, 0.4) is 0 Å². The zero-order valence-corrected chi connectivity index (χ0v) is 20.0. The van der Waals surface area contributed by atoms with Crippen LogP contribution in [-0.2, 0) is 14.3 Å². The Morgan fingerprint density at radius 3 is 2.66 bits per heavy atom. The summed E-state index contributed by atoms with van der Waals surface area (Å²) in [5.41, 5.74) is 1.75. The van der Waals surface area contributed by atoms with Gasteiger partial charge in [-0.15, -0.1) is 0 Å². The van der Waals surface area contributed by atoms with Crippen molar-refractivity contribution in [3.05, 3.63) is 11.6 Å². The van der Waals surface area contributed by atoms with Gasteiger partial charge >= 0.3 is 0 Å². The van der Waals surface area contributed by atoms with Gasteiger partial charge in [0, 0.05) is 7.11 Å². The summed E-state index contributed by atoms with van der Waals surface area (Å²) in [6.45, 7) is 12.0. The van der Waals surface area contributed by atoms with Gasteiger partial charge in [-0.05, 0) is 87.5 Å². The molecule has 5 atom stereocenters. The Bertz CT molecular complexity index is 538. The molecule has 0 unspecified atom stereocenters. The van der Waals surface area contributed by atoms with E-state index in [-0.39, 0.29) is 5.60 Å². The molecule has 0 bridgehead atoms. The van der Waals surface area contributed by atoms with E-state index in [4.69, 9.17) is 9.47 Å². The highest BCUT2D eigenvalue weighted by atomic mass is 16.7. The van der Waals surface area contributed by atoms with Gasteiger partial charge in [-0.1, -0.05) is 52.0 Å². The van der Waals surface area contributed by atoms with E-state index in [2.05, 4.69) is 34.6 Å². The number of hydrogen-bond acceptors (Lipinski definition) is 3. The molecule has 0 amide bonds. The number of ether oxygens (including phenoxy) is 2. The Kier molecular flexibility index (Phi) is 9.41. The van der Waals surface area contributed by atoms with Crippen molar-refractivity contribution in [3.8, 4) is 0 Å². The molecule has 2 aliphatic rings. The Hall–Kier alpha value is -0.670. The molecule has 3 heteroatoms. The zero-order valence-electron chi connectivity index (χ0n) is 20.0. The van der Waals surface area contributed by atoms with Crippen LogP contribution in [0.4, 0.5) is 0 Å². The largest absolute Gasteiger partial charge is 0.359 e. The smallest absolute Gasteiger partial charge is 0.147 e. The number of fused-ring (bicyclic) bond motifs is 1. The van der Waals surface area contributed by atoms with Gasteiger partial charge < -0.3 is 9.47 Å². The molecule has 0 radical (unpaired) electrons. The minimum Gasteiger partial charge on any atom is -0.359 e. The third-order valence-corrected chi connectivity index (χ3v) is 8.17. The predicted octanol–water partition coefficient (Wildman–Crippen LogP) is 6.95. The van der Waals surface area contributed by atoms with Crippen LogP contribution in [0.15, 0.2) is 11.6 Å². The molecule has 0 heterocycles. The molecular formula is C26H46O3. The molecule has 168 valence electrons. The van der Waals surface area contributed by atoms with Gasteiger partial charge in [-0.3, -0.25) is 4.79 Å². The van der Waals surface area contributed by atoms with Crippen LogP contribution in [0.1, 0.15) is 98.8 Å². The lowest BCUT2D eigenvalue weighted by Gasteiger charge is -2.47. The van der Waals surface area contributed by atoms with E-state index in [0.29, 0.717) is 24.0 Å². The molecule has 3 nitrogen and oxygen atoms in total. The van der Waals surface area contributed by atoms with Crippen molar-refractivity contribution >= 4 is 6.29 Å². The number of hydrogen-bond donors (Lipinski definition) is 0. The molecule has 2 rings (SSSR count). The van der Waals surface area contributed by atoms with Gasteiger partial charge in [0.15, 0.2) is 0 Å². The second kappa shape index (κ2) is 11.1. The summed E-state index contributed by atoms with van der Waals surface area (Å²) < 4.78 is 10.9. The molecule has 0 aromatic heterocycles. The maximum absolute atomic E-state index is 11.4. The zero-order chi connectivity index (χ0) is 21.5. The molecule has 0 aliphatic heterocycles. The highest BCUT2D eigenvalue weighted by Gasteiger charge is 2.52. The van der Waals surface area contributed by atoms with Crippen LogP contribution in [0.5, 0.6) is 0 Å². The summed E-state index contributed by atoms with van der Waals surface area (Å²) in [6.07, 6.45) is 15.5. The van der Waals surface area contributed by atoms with E-state index in [1.807, 2.05) is 6.08 Å². The minimum absolute atomic E-state index is 0.116. The van der Waals surface area contributed by atoms with Crippen LogP contribution in [0.25, 0.3) is 0 Å². The molecular weight excluding hydrogens is 360 g/mol. The number of allylic oxidation sites excluding steroid dienone is 2. The minimum atomic E-state index is -0.116. The summed E-state index contributed by atoms with van der Waals surface area (Å²) >= 11 is 0. The lowest BCUT2D eigenvalue weighted by Crippen LogP contribution is -2.39. The Labute approximate surface area is 180 Å². The van der Waals surface area contributed by atoms with E-state index >= 15 is 0 Å². The standard InChI is InChI=1S/C26H46O3/c1-7-8-11-21-14-17-26(5)23(12-13-24(26)22(21)15-18-27)20(2)10-9-16-25(3,4)29-19-28-6/h15,18,20-21,23-24H,7-14,16-17,19H2,1-6H3/b22-15+/t20-,21-,23-,24+,26-/m1/s1. The molecule has 0 aromatic rings. The fourth-order valence-corrected chi connectivity index (χ4v) is 6.48. The number of carbonyl (C=O) groups excluding carboxylic acids is 1. The fourth-order valence-electron chi connectivity index (χ4n) is 6.48. The monoisotopic (exact) mass is 406 g/mol. The molecule has 0 aromatic carbocycles. The van der Waals surface area contributed by atoms with Crippen molar-refractivity contribution in [3.63, 3.8) is 0 Å². The highest BCUT2D eigenvalue weighted by Crippen LogP contribution is 2.61. The van der Waals surface area contributed by atoms with Crippen molar-refractivity contribution in [2.45, 2.75) is 104 Å². The Morgan fingerprint density at radius 2 is 2.00 bits per heavy atom. The van der Waals surface area contributed by atoms with Gasteiger partial charge in [0.05, 0.1) is 5.60 Å². The van der Waals surface area contributed by atoms with E-state index in [1.54, 1.807) is 7.11 Å². The van der Waals surface area contributed by atoms with Crippen molar-refractivity contribution < 1.29 is 14.3 Å². The third kappa shape index (κ3) is 6.17. The van der Waals surface area contributed by atoms with Crippen molar-refractivity contribution in [2.24, 2.45) is 29.1 Å². The lowest BCUT2D eigenvalue weighted by molar-refractivity contribution is -0.118. The van der Waals surface area contributed by atoms with Crippen LogP contribution in [-0.4, -0.2) is 25.8 Å². The average Bonchev–Trinajstić information content (AvgIpc) is 3.03. The maximum atomic E-state index is 11.4. The number of rotatable bonds is 12. The summed E-state index contributed by atoms with van der Waals surface area (Å²) in [5, 5.41) is 0. The lowest BCUT2D eigenvalue weighted by atomic mass is 9.58. The van der Waals surface area contributed by atoms with E-state index in [1.165, 1.54) is 63.4 Å². The van der Waals surface area contributed by atoms with Gasteiger partial charge in [0.2, 0.25) is 0 Å². The van der Waals surface area contributed by atoms with E-state index in [0.717, 1.165) is 24.5 Å². The fraction of sp³-hybridized carbons (Fsp3) is 0.885. The van der Waals surface area contributed by atoms with Gasteiger partial charge in [0.25, 0.3) is 0 Å². The van der Waals surface area contributed by atoms with Crippen LogP contribution in [0.2, 0.25) is 0 Å². The molecule has 2 fully saturated rings. The first-order valence-corrected chi connectivity index (χ1v) is 12.1. The van der Waals surface area contributed by atoms with Crippen LogP contribution in [0, 0.1) is 29.1 Å². The normalized spacial score (nSPS) is 32.3. The first kappa shape index (κ1) is 24.6. The van der Waals surface area contributed by atoms with Crippen molar-refractivity contribution in [1.82, 2.24) is 0 Å². The summed E-state index contributed by atoms with van der Waals surface area (Å²) in [6, 6.07) is 0. The highest BCUT2D eigenvalue weighted by molar-refractivity contribution is 5.66. The predicted molar refractivity (Wildman–Crippen MR) is 121 cm³/mol. The summed E-state index contributed by atoms with van der Waals surface area (Å²) in [4.78, 5) is 11.4. The van der Waals surface area contributed by atoms with Crippen molar-refractivity contribution in [2.75, 3.05) is 13.9 Å². The second-order valence-corrected chi connectivity index (χ2v) is 10.6. The number of aldehydes is 1. The summed E-state index contributed by atoms with van der Waals surface area (Å²) in [5.74, 6) is 2.77. The maximum Gasteiger partial charge on any atom is 0.147 e. The summed E-state index contributed by atoms with van der Waals surface area (Å²) in [7, 11) is 1.68. The average molecular weight is 407 g/mol. The number of carbonyl (C=O) groups is 1. The van der Waals surface area contributed by atoms with Crippen LogP contribution >= 0.6 is 0 Å². The third-order valence-electron chi connectivity index (χ3n) is 8.17. The molecule has 0 saturated heterocycles. The molecule has 0 spiro atoms. The van der Waals surface area contributed by atoms with Gasteiger partial charge in [0.1, 0.15) is 13.1 Å². The molecule has 0 N–H and O–H groups in total. The van der Waals surface area contributed by atoms with Crippen LogP contribution < -0.4 is 0 Å². The van der Waals surface area contributed by atoms with Gasteiger partial charge in [-0.2, -0.15) is 0 Å². The van der Waals surface area contributed by atoms with E-state index in [9.17, 15) is 4.79 Å². The second-order valence-electron chi connectivity index (χ2n) is 10.6. The Morgan fingerprint density at radius 1 is 1.24 bits per heavy atom. The molecule has 29 heavy (non-hydrogen) atoms. The topological polar surface area (TPSA) is 35.5 Å². The molecule has 2 saturated carbocycles. The number of unbranched alkanes of at least 4 members (excludes halogenated alkanes) is 1. The Balaban J connectivity index is 1.98. The SMILES string of the molecule is CCCC[C@@H]1CC[C@]2(C)[C@@H]([C@H](C)CCCC(C)(C)OCOC)CC[C@H]2/C1=C/C=O. The number of methoxy groups -OCH3 is 1. The quantitative estimate of drug-likeness (QED) is 0.200.